The number of hydrogen-bond acceptors (Lipinski definition) is 4. The van der Waals surface area contributed by atoms with Gasteiger partial charge in [0.2, 0.25) is 5.75 Å². The van der Waals surface area contributed by atoms with Gasteiger partial charge in [0.15, 0.2) is 11.5 Å². The number of hydrogen-bond donors (Lipinski definition) is 1. The first-order valence-electron chi connectivity index (χ1n) is 6.74. The molecular weight excluding hydrogens is 242 g/mol. The van der Waals surface area contributed by atoms with E-state index in [1.807, 2.05) is 12.1 Å². The van der Waals surface area contributed by atoms with Crippen LogP contribution in [0.15, 0.2) is 12.1 Å². The highest BCUT2D eigenvalue weighted by Crippen LogP contribution is 2.38. The lowest BCUT2D eigenvalue weighted by Crippen LogP contribution is -2.10. The van der Waals surface area contributed by atoms with E-state index in [9.17, 15) is 0 Å². The molecule has 0 aliphatic rings. The number of methoxy groups -OCH3 is 2. The number of nitrogens with two attached hydrogens (primary N) is 1. The summed E-state index contributed by atoms with van der Waals surface area (Å²) in [6.07, 6.45) is 2.30. The van der Waals surface area contributed by atoms with E-state index in [1.165, 1.54) is 0 Å². The highest BCUT2D eigenvalue weighted by atomic mass is 16.5. The second kappa shape index (κ2) is 7.89. The minimum atomic E-state index is 0.444. The van der Waals surface area contributed by atoms with Gasteiger partial charge in [0.25, 0.3) is 0 Å². The largest absolute Gasteiger partial charge is 0.493 e. The van der Waals surface area contributed by atoms with E-state index in [0.29, 0.717) is 36.3 Å². The van der Waals surface area contributed by atoms with Gasteiger partial charge in [0.1, 0.15) is 0 Å². The third-order valence-electron chi connectivity index (χ3n) is 3.05. The Hall–Kier alpha value is -1.42. The predicted molar refractivity (Wildman–Crippen MR) is 77.0 cm³/mol. The standard InChI is InChI=1S/C15H25NO3/c1-5-6-11(2)10-19-15-13(17-3)7-12(9-16)8-14(15)18-4/h7-8,11H,5-6,9-10,16H2,1-4H3. The molecule has 0 bridgehead atoms. The van der Waals surface area contributed by atoms with Gasteiger partial charge in [-0.25, -0.2) is 0 Å². The molecule has 4 heteroatoms. The number of rotatable bonds is 8. The third kappa shape index (κ3) is 4.31. The zero-order chi connectivity index (χ0) is 14.3. The zero-order valence-corrected chi connectivity index (χ0v) is 12.4. The minimum Gasteiger partial charge on any atom is -0.493 e. The summed E-state index contributed by atoms with van der Waals surface area (Å²) in [7, 11) is 3.24. The van der Waals surface area contributed by atoms with E-state index in [-0.39, 0.29) is 0 Å². The summed E-state index contributed by atoms with van der Waals surface area (Å²) < 4.78 is 16.6. The van der Waals surface area contributed by atoms with Crippen molar-refractivity contribution in [2.45, 2.75) is 33.2 Å². The molecular formula is C15H25NO3. The van der Waals surface area contributed by atoms with Gasteiger partial charge in [-0.2, -0.15) is 0 Å². The maximum atomic E-state index is 5.87. The first-order valence-corrected chi connectivity index (χ1v) is 6.74. The van der Waals surface area contributed by atoms with Crippen LogP contribution in [0.1, 0.15) is 32.3 Å². The molecule has 0 spiro atoms. The van der Waals surface area contributed by atoms with E-state index in [0.717, 1.165) is 18.4 Å². The third-order valence-corrected chi connectivity index (χ3v) is 3.05. The van der Waals surface area contributed by atoms with Crippen LogP contribution in [0.3, 0.4) is 0 Å². The molecule has 0 aliphatic heterocycles. The van der Waals surface area contributed by atoms with E-state index in [1.54, 1.807) is 14.2 Å². The first-order chi connectivity index (χ1) is 9.15. The van der Waals surface area contributed by atoms with Crippen molar-refractivity contribution in [3.8, 4) is 17.2 Å². The van der Waals surface area contributed by atoms with E-state index in [2.05, 4.69) is 13.8 Å². The maximum Gasteiger partial charge on any atom is 0.203 e. The lowest BCUT2D eigenvalue weighted by molar-refractivity contribution is 0.229. The van der Waals surface area contributed by atoms with E-state index in [4.69, 9.17) is 19.9 Å². The van der Waals surface area contributed by atoms with E-state index >= 15 is 0 Å². The number of benzene rings is 1. The Balaban J connectivity index is 2.90. The Morgan fingerprint density at radius 2 is 1.74 bits per heavy atom. The molecule has 1 atom stereocenters. The van der Waals surface area contributed by atoms with Crippen LogP contribution in [0.25, 0.3) is 0 Å². The SMILES string of the molecule is CCCC(C)COc1c(OC)cc(CN)cc1OC. The lowest BCUT2D eigenvalue weighted by Gasteiger charge is -2.18. The monoisotopic (exact) mass is 267 g/mol. The summed E-state index contributed by atoms with van der Waals surface area (Å²) in [6.45, 7) is 5.45. The van der Waals surface area contributed by atoms with Gasteiger partial charge in [-0.3, -0.25) is 0 Å². The zero-order valence-electron chi connectivity index (χ0n) is 12.4. The molecule has 1 rings (SSSR count). The molecule has 1 aromatic carbocycles. The summed E-state index contributed by atoms with van der Waals surface area (Å²) >= 11 is 0. The molecule has 1 aromatic rings. The highest BCUT2D eigenvalue weighted by Gasteiger charge is 2.15. The fourth-order valence-corrected chi connectivity index (χ4v) is 2.00. The minimum absolute atomic E-state index is 0.444. The fraction of sp³-hybridized carbons (Fsp3) is 0.600. The molecule has 19 heavy (non-hydrogen) atoms. The smallest absolute Gasteiger partial charge is 0.203 e. The van der Waals surface area contributed by atoms with Crippen molar-refractivity contribution in [3.05, 3.63) is 17.7 Å². The van der Waals surface area contributed by atoms with Crippen molar-refractivity contribution in [2.75, 3.05) is 20.8 Å². The first kappa shape index (κ1) is 15.6. The maximum absolute atomic E-state index is 5.87. The van der Waals surface area contributed by atoms with Gasteiger partial charge in [-0.1, -0.05) is 20.3 Å². The van der Waals surface area contributed by atoms with Crippen molar-refractivity contribution >= 4 is 0 Å². The summed E-state index contributed by atoms with van der Waals surface area (Å²) in [5, 5.41) is 0. The average molecular weight is 267 g/mol. The Kier molecular flexibility index (Phi) is 6.50. The van der Waals surface area contributed by atoms with Crippen LogP contribution in [0.2, 0.25) is 0 Å². The average Bonchev–Trinajstić information content (AvgIpc) is 2.44. The molecule has 4 nitrogen and oxygen atoms in total. The van der Waals surface area contributed by atoms with Crippen LogP contribution in [0, 0.1) is 5.92 Å². The second-order valence-electron chi connectivity index (χ2n) is 4.74. The van der Waals surface area contributed by atoms with E-state index < -0.39 is 0 Å². The normalized spacial score (nSPS) is 12.1. The van der Waals surface area contributed by atoms with Crippen LogP contribution in [-0.2, 0) is 6.54 Å². The Bertz CT molecular complexity index is 368. The summed E-state index contributed by atoms with van der Waals surface area (Å²) in [5.41, 5.74) is 6.62. The van der Waals surface area contributed by atoms with Gasteiger partial charge in [-0.15, -0.1) is 0 Å². The predicted octanol–water partition coefficient (Wildman–Crippen LogP) is 2.98. The molecule has 0 saturated heterocycles. The Labute approximate surface area is 115 Å². The molecule has 108 valence electrons. The molecule has 0 saturated carbocycles. The van der Waals surface area contributed by atoms with Crippen LogP contribution in [-0.4, -0.2) is 20.8 Å². The van der Waals surface area contributed by atoms with Crippen molar-refractivity contribution in [3.63, 3.8) is 0 Å². The van der Waals surface area contributed by atoms with Crippen LogP contribution >= 0.6 is 0 Å². The summed E-state index contributed by atoms with van der Waals surface area (Å²) in [4.78, 5) is 0. The fourth-order valence-electron chi connectivity index (χ4n) is 2.00. The molecule has 0 fully saturated rings. The van der Waals surface area contributed by atoms with Gasteiger partial charge >= 0.3 is 0 Å². The topological polar surface area (TPSA) is 53.7 Å². The van der Waals surface area contributed by atoms with Crippen LogP contribution in [0.4, 0.5) is 0 Å². The van der Waals surface area contributed by atoms with Gasteiger partial charge in [0, 0.05) is 6.54 Å². The molecule has 0 aliphatic carbocycles. The van der Waals surface area contributed by atoms with Crippen molar-refractivity contribution in [2.24, 2.45) is 11.7 Å². The van der Waals surface area contributed by atoms with Crippen LogP contribution < -0.4 is 19.9 Å². The molecule has 0 amide bonds. The second-order valence-corrected chi connectivity index (χ2v) is 4.74. The lowest BCUT2D eigenvalue weighted by atomic mass is 10.1. The molecule has 0 heterocycles. The van der Waals surface area contributed by atoms with Gasteiger partial charge < -0.3 is 19.9 Å². The molecule has 0 aromatic heterocycles. The highest BCUT2D eigenvalue weighted by molar-refractivity contribution is 5.53. The quantitative estimate of drug-likeness (QED) is 0.786. The Morgan fingerprint density at radius 1 is 1.16 bits per heavy atom. The molecule has 1 unspecified atom stereocenters. The summed E-state index contributed by atoms with van der Waals surface area (Å²) in [5.74, 6) is 2.51. The van der Waals surface area contributed by atoms with Crippen LogP contribution in [0.5, 0.6) is 17.2 Å². The van der Waals surface area contributed by atoms with Crippen molar-refractivity contribution < 1.29 is 14.2 Å². The van der Waals surface area contributed by atoms with Crippen molar-refractivity contribution in [1.29, 1.82) is 0 Å². The number of ether oxygens (including phenoxy) is 3. The molecule has 2 N–H and O–H groups in total. The van der Waals surface area contributed by atoms with Crippen molar-refractivity contribution in [1.82, 2.24) is 0 Å². The van der Waals surface area contributed by atoms with Gasteiger partial charge in [-0.05, 0) is 30.0 Å². The Morgan fingerprint density at radius 3 is 2.16 bits per heavy atom. The van der Waals surface area contributed by atoms with Gasteiger partial charge in [0.05, 0.1) is 20.8 Å². The summed E-state index contributed by atoms with van der Waals surface area (Å²) in [6, 6.07) is 3.78. The molecule has 0 radical (unpaired) electrons.